The molecule has 1 aliphatic carbocycles. The van der Waals surface area contributed by atoms with Gasteiger partial charge < -0.3 is 46.1 Å². The van der Waals surface area contributed by atoms with Crippen LogP contribution in [-0.2, 0) is 25.4 Å². The summed E-state index contributed by atoms with van der Waals surface area (Å²) in [7, 11) is 1.99. The molecule has 3 saturated heterocycles. The third kappa shape index (κ3) is 13.8. The molecule has 6 N–H and O–H groups in total. The maximum Gasteiger partial charge on any atom is 0.417 e. The number of hydrogen-bond acceptors (Lipinski definition) is 16. The molecule has 18 nitrogen and oxygen atoms in total. The Kier molecular flexibility index (Phi) is 19.6. The number of unbranched alkanes of at least 4 members (excludes halogenated alkanes) is 1. The molecule has 11 atom stereocenters. The zero-order valence-corrected chi connectivity index (χ0v) is 53.7. The van der Waals surface area contributed by atoms with Crippen molar-refractivity contribution in [1.82, 2.24) is 45.7 Å². The van der Waals surface area contributed by atoms with Crippen LogP contribution in [0.5, 0.6) is 11.9 Å². The number of ether oxygens (including phenoxy) is 2. The second-order valence-electron chi connectivity index (χ2n) is 26.5. The Morgan fingerprint density at radius 2 is 1.72 bits per heavy atom. The number of nitrogens with zero attached hydrogens (tertiary/aromatic N) is 7. The Morgan fingerprint density at radius 1 is 0.978 bits per heavy atom. The van der Waals surface area contributed by atoms with E-state index in [0.29, 0.717) is 45.2 Å². The van der Waals surface area contributed by atoms with Crippen LogP contribution in [0.15, 0.2) is 47.5 Å². The van der Waals surface area contributed by atoms with Crippen LogP contribution in [-0.4, -0.2) is 140 Å². The number of amides is 3. The Labute approximate surface area is 526 Å². The lowest BCUT2D eigenvalue weighted by Crippen LogP contribution is -2.57. The summed E-state index contributed by atoms with van der Waals surface area (Å²) in [5.41, 5.74) is 6.04. The maximum atomic E-state index is 17.5. The Hall–Kier alpha value is -6.89. The van der Waals surface area contributed by atoms with Crippen LogP contribution in [0.25, 0.3) is 32.6 Å². The number of pyridine rings is 1. The normalized spacial score (nSPS) is 23.2. The molecule has 3 fully saturated rings. The number of likely N-dealkylation sites (N-methyl/N-ethyl adjacent to an activating group) is 1. The molecular formula is C66H84F5N11O7S. The highest BCUT2D eigenvalue weighted by atomic mass is 32.1. The van der Waals surface area contributed by atoms with Crippen LogP contribution in [0, 0.1) is 42.7 Å². The third-order valence-electron chi connectivity index (χ3n) is 18.9. The Morgan fingerprint density at radius 3 is 2.39 bits per heavy atom. The fourth-order valence-corrected chi connectivity index (χ4v) is 15.0. The summed E-state index contributed by atoms with van der Waals surface area (Å²) in [5.74, 6) is -3.80. The van der Waals surface area contributed by atoms with E-state index in [-0.39, 0.29) is 90.0 Å². The smallest absolute Gasteiger partial charge is 0.417 e. The number of aromatic nitrogens is 4. The summed E-state index contributed by atoms with van der Waals surface area (Å²) in [6.45, 7) is 17.6. The van der Waals surface area contributed by atoms with Gasteiger partial charge in [-0.1, -0.05) is 63.6 Å². The number of thiazole rings is 1. The van der Waals surface area contributed by atoms with E-state index in [1.54, 1.807) is 16.8 Å². The molecule has 5 aromatic rings. The quantitative estimate of drug-likeness (QED) is 0.0211. The number of allylic oxidation sites excluding steroid dienone is 1. The molecule has 0 spiro atoms. The van der Waals surface area contributed by atoms with Gasteiger partial charge in [-0.2, -0.15) is 23.1 Å². The lowest BCUT2D eigenvalue weighted by molar-refractivity contribution is -0.144. The monoisotopic (exact) mass is 1270 g/mol. The molecule has 7 heterocycles. The molecule has 0 unspecified atom stereocenters. The van der Waals surface area contributed by atoms with Crippen LogP contribution in [0.3, 0.4) is 0 Å². The van der Waals surface area contributed by atoms with Gasteiger partial charge in [-0.25, -0.2) is 18.7 Å². The van der Waals surface area contributed by atoms with Crippen LogP contribution in [0.1, 0.15) is 148 Å². The summed E-state index contributed by atoms with van der Waals surface area (Å²) >= 11 is 1.56. The van der Waals surface area contributed by atoms with E-state index >= 15 is 8.78 Å². The molecule has 2 bridgehead atoms. The number of aryl methyl sites for hydroxylation is 1. The zero-order valence-electron chi connectivity index (χ0n) is 52.9. The van der Waals surface area contributed by atoms with E-state index in [1.165, 1.54) is 4.90 Å². The molecule has 10 rings (SSSR count). The van der Waals surface area contributed by atoms with Crippen LogP contribution < -0.4 is 36.1 Å². The van der Waals surface area contributed by atoms with Gasteiger partial charge in [0, 0.05) is 49.9 Å². The summed E-state index contributed by atoms with van der Waals surface area (Å²) in [6, 6.07) is 5.19. The molecule has 90 heavy (non-hydrogen) atoms. The van der Waals surface area contributed by atoms with Gasteiger partial charge in [0.05, 0.1) is 51.6 Å². The van der Waals surface area contributed by atoms with Crippen molar-refractivity contribution in [1.29, 1.82) is 0 Å². The second kappa shape index (κ2) is 26.7. The number of Topliss-reactive ketones (excluding diaryl/α,β-unsaturated/α-hetero) is 1. The van der Waals surface area contributed by atoms with E-state index in [9.17, 15) is 37.5 Å². The summed E-state index contributed by atoms with van der Waals surface area (Å²) in [5, 5.41) is 20.3. The lowest BCUT2D eigenvalue weighted by Gasteiger charge is -2.39. The maximum absolute atomic E-state index is 17.5. The first-order valence-electron chi connectivity index (χ1n) is 31.5. The van der Waals surface area contributed by atoms with Gasteiger partial charge in [0.25, 0.3) is 0 Å². The van der Waals surface area contributed by atoms with E-state index in [2.05, 4.69) is 46.8 Å². The highest BCUT2D eigenvalue weighted by Gasteiger charge is 2.47. The fourth-order valence-electron chi connectivity index (χ4n) is 14.2. The standard InChI is InChI=1S/C66H84F5N11O7S/c1-11-46(73-23-13-12-16-50(85)76-59(65(7,8)9)63(87)81-31-43(83)28-48(81)61(86)75-34(3)40-19-21-41(22-20-40)58-35(4)74-32-90-58)49(84)27-39-25-38-17-18-42(26-39)57-37(6)88-62-51-56(54(68)55(77-62)44-29-45(72)53(67)33(2)52(44)66(69,70)71)78-64(79-60(51)82(57)30-38)89-36(5)47-15-14-24-80(47)10/h19-22,26,29,32,34,36-38,42-43,46-48,57,59,73,83H,11-18,23-25,27-28,30-31,72H2,1-10H3,(H,75,86)(H,76,85)/t34-,36-,37-,38+,42-,43+,46-,47-,48-,57+,59+/m0/s1. The van der Waals surface area contributed by atoms with Crippen molar-refractivity contribution in [3.63, 3.8) is 0 Å². The number of carbonyl (C=O) groups excluding carboxylic acids is 4. The van der Waals surface area contributed by atoms with Crippen molar-refractivity contribution in [2.24, 2.45) is 17.3 Å². The minimum Gasteiger partial charge on any atom is -0.472 e. The second-order valence-corrected chi connectivity index (χ2v) is 27.3. The summed E-state index contributed by atoms with van der Waals surface area (Å²) in [6.07, 6.45) is 0.706. The van der Waals surface area contributed by atoms with Gasteiger partial charge >= 0.3 is 12.2 Å². The minimum absolute atomic E-state index is 0.00285. The number of β-amino-alcohol motifs (C(OH)–C–C–N with tert-alkyl or cyclic N) is 1. The molecule has 0 saturated carbocycles. The number of ketones is 1. The number of alkyl halides is 3. The van der Waals surface area contributed by atoms with Crippen molar-refractivity contribution in [3.8, 4) is 33.6 Å². The van der Waals surface area contributed by atoms with Gasteiger partial charge in [-0.15, -0.1) is 11.3 Å². The number of anilines is 2. The zero-order chi connectivity index (χ0) is 64.8. The molecule has 3 amide bonds. The number of hydrogen-bond donors (Lipinski definition) is 5. The topological polar surface area (TPSA) is 230 Å². The van der Waals surface area contributed by atoms with Crippen LogP contribution in [0.4, 0.5) is 33.5 Å². The molecule has 2 aromatic carbocycles. The van der Waals surface area contributed by atoms with Crippen molar-refractivity contribution in [2.75, 3.05) is 43.9 Å². The number of nitrogens with one attached hydrogen (secondary N) is 3. The van der Waals surface area contributed by atoms with Gasteiger partial charge in [-0.05, 0) is 140 Å². The van der Waals surface area contributed by atoms with Crippen molar-refractivity contribution in [2.45, 2.75) is 194 Å². The molecule has 5 aliphatic rings. The fraction of sp³-hybridized carbons (Fsp3) is 0.576. The van der Waals surface area contributed by atoms with Crippen LogP contribution in [0.2, 0.25) is 0 Å². The van der Waals surface area contributed by atoms with Crippen LogP contribution >= 0.6 is 11.3 Å². The molecule has 486 valence electrons. The van der Waals surface area contributed by atoms with Gasteiger partial charge in [0.15, 0.2) is 11.6 Å². The van der Waals surface area contributed by atoms with Crippen molar-refractivity contribution in [3.05, 3.63) is 81.5 Å². The molecular weight excluding hydrogens is 1190 g/mol. The highest BCUT2D eigenvalue weighted by molar-refractivity contribution is 7.13. The first kappa shape index (κ1) is 66.0. The molecule has 4 aliphatic heterocycles. The Balaban J connectivity index is 0.788. The first-order chi connectivity index (χ1) is 42.6. The highest BCUT2D eigenvalue weighted by Crippen LogP contribution is 2.49. The van der Waals surface area contributed by atoms with Gasteiger partial charge in [0.2, 0.25) is 23.6 Å². The average molecular weight is 1270 g/mol. The number of carbonyl (C=O) groups is 4. The van der Waals surface area contributed by atoms with E-state index in [0.717, 1.165) is 66.1 Å². The lowest BCUT2D eigenvalue weighted by atomic mass is 9.85. The van der Waals surface area contributed by atoms with E-state index in [1.807, 2.05) is 86.7 Å². The number of benzene rings is 2. The predicted octanol–water partition coefficient (Wildman–Crippen LogP) is 10.4. The summed E-state index contributed by atoms with van der Waals surface area (Å²) < 4.78 is 90.3. The van der Waals surface area contributed by atoms with E-state index in [4.69, 9.17) is 20.2 Å². The number of fused-ring (bicyclic) bond motifs is 6. The number of nitrogen functional groups attached to an aromatic ring is 1. The minimum atomic E-state index is -5.13. The summed E-state index contributed by atoms with van der Waals surface area (Å²) in [4.78, 5) is 81.2. The van der Waals surface area contributed by atoms with Crippen molar-refractivity contribution < 1.29 is 55.7 Å². The van der Waals surface area contributed by atoms with Gasteiger partial charge in [-0.3, -0.25) is 24.1 Å². The molecule has 3 aromatic heterocycles. The first-order valence-corrected chi connectivity index (χ1v) is 32.4. The number of aliphatic hydroxyl groups is 1. The van der Waals surface area contributed by atoms with E-state index < -0.39 is 106 Å². The number of rotatable bonds is 20. The molecule has 24 heteroatoms. The Bertz CT molecular complexity index is 3540. The van der Waals surface area contributed by atoms with Gasteiger partial charge in [0.1, 0.15) is 52.5 Å². The SMILES string of the molecule is CC[C@H](NCCCCC(=O)N[C@H](C(=O)N1C[C@H](O)C[C@H]1C(=O)N[C@@H](C)c1ccc(-c2scnc2C)cc1)C(C)(C)C)C(=O)CC1=C[C@@H]2CC[C@H](C1)CN1c3nc(O[C@@H](C)[C@@H]4CCCN4C)nc4c(F)c(-c5cc(N)c(F)c(C)c5C(F)(F)F)nc(c34)O[C@@H](C)[C@H]21. The number of nitrogens with two attached hydrogens (primary N) is 1. The predicted molar refractivity (Wildman–Crippen MR) is 335 cm³/mol. The van der Waals surface area contributed by atoms with Crippen molar-refractivity contribution >= 4 is 57.2 Å². The number of aliphatic hydroxyl groups excluding tert-OH is 1. The molecule has 0 radical (unpaired) electrons. The average Bonchev–Trinajstić information content (AvgIpc) is 1.31. The number of likely N-dealkylation sites (tertiary alicyclic amines) is 2. The third-order valence-corrected chi connectivity index (χ3v) is 19.9. The number of halogens is 5. The largest absolute Gasteiger partial charge is 0.472 e.